The summed E-state index contributed by atoms with van der Waals surface area (Å²) in [4.78, 5) is 12.4. The highest BCUT2D eigenvalue weighted by Crippen LogP contribution is 2.31. The molecule has 0 aliphatic carbocycles. The van der Waals surface area contributed by atoms with Gasteiger partial charge in [-0.2, -0.15) is 0 Å². The van der Waals surface area contributed by atoms with Crippen molar-refractivity contribution < 1.29 is 9.73 Å². The lowest BCUT2D eigenvalue weighted by atomic mass is 10.1. The molecule has 3 aromatic rings. The minimum Gasteiger partial charge on any atom is -0.381 e. The van der Waals surface area contributed by atoms with Gasteiger partial charge in [0, 0.05) is 29.9 Å². The molecule has 0 spiro atoms. The van der Waals surface area contributed by atoms with Crippen molar-refractivity contribution in [2.45, 2.75) is 25.4 Å². The van der Waals surface area contributed by atoms with Gasteiger partial charge in [-0.05, 0) is 18.9 Å². The Morgan fingerprint density at radius 3 is 2.96 bits per heavy atom. The number of hydrogen-bond donors (Lipinski definition) is 2. The van der Waals surface area contributed by atoms with Gasteiger partial charge in [0.2, 0.25) is 0 Å². The number of benzene rings is 1. The molecule has 0 unspecified atom stereocenters. The lowest BCUT2D eigenvalue weighted by molar-refractivity contribution is -0.473. The first-order chi connectivity index (χ1) is 12.4. The summed E-state index contributed by atoms with van der Waals surface area (Å²) in [6, 6.07) is 8.54. The number of nitrogens with one attached hydrogen (secondary N) is 1. The summed E-state index contributed by atoms with van der Waals surface area (Å²) in [6.45, 7) is 2.08. The predicted octanol–water partition coefficient (Wildman–Crippen LogP) is 0.871. The Balaban J connectivity index is 1.89. The third-order valence-corrected chi connectivity index (χ3v) is 4.53. The highest BCUT2D eigenvalue weighted by molar-refractivity contribution is 6.02. The summed E-state index contributed by atoms with van der Waals surface area (Å²) >= 11 is 0. The quantitative estimate of drug-likeness (QED) is 0.242. The zero-order valence-corrected chi connectivity index (χ0v) is 13.8. The van der Waals surface area contributed by atoms with Crippen LogP contribution in [0.25, 0.3) is 21.9 Å². The van der Waals surface area contributed by atoms with Crippen molar-refractivity contribution in [2.24, 2.45) is 16.2 Å². The largest absolute Gasteiger partial charge is 0.381 e. The zero-order chi connectivity index (χ0) is 17.1. The number of aromatic nitrogens is 3. The van der Waals surface area contributed by atoms with Gasteiger partial charge in [0.1, 0.15) is 12.1 Å². The summed E-state index contributed by atoms with van der Waals surface area (Å²) in [5, 5.41) is 7.97. The van der Waals surface area contributed by atoms with Gasteiger partial charge >= 0.3 is 6.34 Å². The van der Waals surface area contributed by atoms with E-state index >= 15 is 0 Å². The second-order valence-corrected chi connectivity index (χ2v) is 5.99. The molecule has 0 radical (unpaired) electrons. The highest BCUT2D eigenvalue weighted by Gasteiger charge is 2.23. The van der Waals surface area contributed by atoms with Gasteiger partial charge in [0.05, 0.1) is 22.3 Å². The van der Waals surface area contributed by atoms with Gasteiger partial charge in [0.25, 0.3) is 0 Å². The lowest BCUT2D eigenvalue weighted by Crippen LogP contribution is -2.67. The maximum atomic E-state index is 5.54. The fraction of sp³-hybridized carbons (Fsp3) is 0.353. The van der Waals surface area contributed by atoms with E-state index in [2.05, 4.69) is 30.9 Å². The molecular weight excluding hydrogens is 318 g/mol. The molecule has 1 aliphatic rings. The molecule has 1 saturated heterocycles. The molecule has 0 amide bonds. The van der Waals surface area contributed by atoms with Crippen LogP contribution in [0.1, 0.15) is 24.7 Å². The number of nitrogens with zero attached hydrogens (tertiary/aromatic N) is 5. The standard InChI is InChI=1S/C17H19N7O/c18-23-21-11-19-10-16-22-15-9-20-14-4-2-1-3-13(14)17(15)24(16)12-5-7-25-8-6-12/h1-4,9,11-12H,5-8,10H2,(H2,18,19,21)/p+1. The second kappa shape index (κ2) is 6.94. The first kappa shape index (κ1) is 15.6. The van der Waals surface area contributed by atoms with E-state index in [4.69, 9.17) is 15.6 Å². The number of ether oxygens (including phenoxy) is 1. The summed E-state index contributed by atoms with van der Waals surface area (Å²) in [5.74, 6) is 5.97. The maximum Gasteiger partial charge on any atom is 0.309 e. The molecule has 8 nitrogen and oxygen atoms in total. The van der Waals surface area contributed by atoms with E-state index in [0.717, 1.165) is 53.8 Å². The van der Waals surface area contributed by atoms with Crippen molar-refractivity contribution >= 4 is 28.3 Å². The summed E-state index contributed by atoms with van der Waals surface area (Å²) < 4.78 is 7.88. The molecule has 3 heterocycles. The molecule has 1 aromatic carbocycles. The Morgan fingerprint density at radius 1 is 1.28 bits per heavy atom. The van der Waals surface area contributed by atoms with Crippen molar-refractivity contribution in [3.8, 4) is 0 Å². The normalized spacial score (nSPS) is 16.6. The molecule has 0 bridgehead atoms. The van der Waals surface area contributed by atoms with Crippen LogP contribution in [0.4, 0.5) is 0 Å². The molecule has 3 N–H and O–H groups in total. The highest BCUT2D eigenvalue weighted by atomic mass is 16.5. The van der Waals surface area contributed by atoms with E-state index < -0.39 is 0 Å². The van der Waals surface area contributed by atoms with Gasteiger partial charge in [-0.25, -0.2) is 4.98 Å². The van der Waals surface area contributed by atoms with E-state index in [1.54, 1.807) is 0 Å². The monoisotopic (exact) mass is 338 g/mol. The van der Waals surface area contributed by atoms with Crippen LogP contribution in [-0.2, 0) is 11.3 Å². The number of fused-ring (bicyclic) bond motifs is 3. The Morgan fingerprint density at radius 2 is 2.12 bits per heavy atom. The van der Waals surface area contributed by atoms with E-state index in [1.807, 2.05) is 24.4 Å². The number of rotatable bonds is 4. The fourth-order valence-corrected chi connectivity index (χ4v) is 3.45. The number of nitrogens with two attached hydrogens (primary N) is 1. The van der Waals surface area contributed by atoms with Crippen molar-refractivity contribution in [3.63, 3.8) is 0 Å². The van der Waals surface area contributed by atoms with Crippen molar-refractivity contribution in [2.75, 3.05) is 13.2 Å². The van der Waals surface area contributed by atoms with Crippen LogP contribution in [0, 0.1) is 0 Å². The van der Waals surface area contributed by atoms with Crippen LogP contribution in [-0.4, -0.2) is 34.1 Å². The molecular formula is C17H20N7O+. The van der Waals surface area contributed by atoms with E-state index in [-0.39, 0.29) is 0 Å². The van der Waals surface area contributed by atoms with Crippen molar-refractivity contribution in [1.29, 1.82) is 0 Å². The Labute approximate surface area is 144 Å². The smallest absolute Gasteiger partial charge is 0.309 e. The third kappa shape index (κ3) is 2.96. The molecule has 1 aliphatic heterocycles. The maximum absolute atomic E-state index is 5.54. The van der Waals surface area contributed by atoms with Crippen LogP contribution < -0.4 is 10.8 Å². The minimum atomic E-state index is 0.359. The molecule has 0 saturated carbocycles. The molecule has 25 heavy (non-hydrogen) atoms. The first-order valence-corrected chi connectivity index (χ1v) is 8.36. The third-order valence-electron chi connectivity index (χ3n) is 4.53. The first-order valence-electron chi connectivity index (χ1n) is 8.36. The topological polar surface area (TPSA) is 105 Å². The summed E-state index contributed by atoms with van der Waals surface area (Å²) in [7, 11) is 0. The van der Waals surface area contributed by atoms with E-state index in [1.165, 1.54) is 6.34 Å². The summed E-state index contributed by atoms with van der Waals surface area (Å²) in [6.07, 6.45) is 5.27. The van der Waals surface area contributed by atoms with Crippen LogP contribution >= 0.6 is 0 Å². The second-order valence-electron chi connectivity index (χ2n) is 5.99. The van der Waals surface area contributed by atoms with Gasteiger partial charge in [-0.3, -0.25) is 15.8 Å². The number of para-hydroxylation sites is 1. The average molecular weight is 338 g/mol. The molecule has 2 aromatic heterocycles. The molecule has 8 heteroatoms. The van der Waals surface area contributed by atoms with Crippen LogP contribution in [0.2, 0.25) is 0 Å². The Bertz CT molecular complexity index is 941. The predicted molar refractivity (Wildman–Crippen MR) is 93.9 cm³/mol. The van der Waals surface area contributed by atoms with Gasteiger partial charge in [-0.1, -0.05) is 18.2 Å². The number of hydrogen-bond acceptors (Lipinski definition) is 4. The number of imidazole rings is 1. The van der Waals surface area contributed by atoms with Crippen molar-refractivity contribution in [1.82, 2.24) is 14.5 Å². The minimum absolute atomic E-state index is 0.359. The molecule has 4 rings (SSSR count). The Kier molecular flexibility index (Phi) is 4.34. The molecule has 128 valence electrons. The lowest BCUT2D eigenvalue weighted by Gasteiger charge is -2.25. The van der Waals surface area contributed by atoms with Crippen LogP contribution in [0.3, 0.4) is 0 Å². The average Bonchev–Trinajstić information content (AvgIpc) is 3.05. The van der Waals surface area contributed by atoms with Gasteiger partial charge < -0.3 is 9.30 Å². The zero-order valence-electron chi connectivity index (χ0n) is 13.8. The van der Waals surface area contributed by atoms with Crippen LogP contribution in [0.5, 0.6) is 0 Å². The summed E-state index contributed by atoms with van der Waals surface area (Å²) in [5.41, 5.74) is 3.02. The van der Waals surface area contributed by atoms with Gasteiger partial charge in [-0.15, -0.1) is 0 Å². The number of pyridine rings is 1. The Hall–Kier alpha value is -2.87. The van der Waals surface area contributed by atoms with Gasteiger partial charge in [0.15, 0.2) is 5.82 Å². The van der Waals surface area contributed by atoms with Crippen molar-refractivity contribution in [3.05, 3.63) is 36.3 Å². The molecule has 1 fully saturated rings. The molecule has 0 atom stereocenters. The van der Waals surface area contributed by atoms with E-state index in [9.17, 15) is 0 Å². The van der Waals surface area contributed by atoms with Crippen LogP contribution in [0.15, 0.2) is 40.8 Å². The van der Waals surface area contributed by atoms with E-state index in [0.29, 0.717) is 12.6 Å². The SMILES string of the molecule is NN=NC=[NH+]Cc1nc2cnc3ccccc3c2n1C1CCOCC1. The fourth-order valence-electron chi connectivity index (χ4n) is 3.45.